The molecule has 0 aliphatic carbocycles. The van der Waals surface area contributed by atoms with E-state index < -0.39 is 6.04 Å². The third-order valence-electron chi connectivity index (χ3n) is 4.78. The highest BCUT2D eigenvalue weighted by Crippen LogP contribution is 2.19. The van der Waals surface area contributed by atoms with Gasteiger partial charge >= 0.3 is 0 Å². The van der Waals surface area contributed by atoms with Crippen LogP contribution in [-0.2, 0) is 21.9 Å². The van der Waals surface area contributed by atoms with Gasteiger partial charge in [-0.05, 0) is 36.1 Å². The summed E-state index contributed by atoms with van der Waals surface area (Å²) >= 11 is 1.56. The minimum absolute atomic E-state index is 0.0177. The number of amides is 2. The van der Waals surface area contributed by atoms with E-state index in [4.69, 9.17) is 4.74 Å². The summed E-state index contributed by atoms with van der Waals surface area (Å²) in [4.78, 5) is 27.5. The molecule has 0 saturated heterocycles. The number of nitrogens with one attached hydrogen (secondary N) is 1. The maximum Gasteiger partial charge on any atom is 0.242 e. The minimum atomic E-state index is -0.467. The predicted octanol–water partition coefficient (Wildman–Crippen LogP) is 4.26. The van der Waals surface area contributed by atoms with Crippen LogP contribution in [0.4, 0.5) is 0 Å². The van der Waals surface area contributed by atoms with Crippen LogP contribution in [0.1, 0.15) is 37.8 Å². The van der Waals surface area contributed by atoms with Gasteiger partial charge in [0.1, 0.15) is 11.8 Å². The molecule has 1 atom stereocenters. The summed E-state index contributed by atoms with van der Waals surface area (Å²) in [6.45, 7) is 5.02. The van der Waals surface area contributed by atoms with Gasteiger partial charge in [-0.15, -0.1) is 11.8 Å². The van der Waals surface area contributed by atoms with Crippen LogP contribution in [-0.4, -0.2) is 42.2 Å². The summed E-state index contributed by atoms with van der Waals surface area (Å²) in [6, 6.07) is 17.2. The summed E-state index contributed by atoms with van der Waals surface area (Å²) < 4.78 is 5.18. The molecule has 30 heavy (non-hydrogen) atoms. The fourth-order valence-corrected chi connectivity index (χ4v) is 4.00. The third kappa shape index (κ3) is 7.41. The average molecular weight is 429 g/mol. The van der Waals surface area contributed by atoms with Crippen molar-refractivity contribution in [1.29, 1.82) is 0 Å². The number of methoxy groups -OCH3 is 1. The van der Waals surface area contributed by atoms with Crippen LogP contribution in [0.5, 0.6) is 5.75 Å². The van der Waals surface area contributed by atoms with Gasteiger partial charge in [0.2, 0.25) is 11.8 Å². The third-order valence-corrected chi connectivity index (χ3v) is 5.77. The van der Waals surface area contributed by atoms with E-state index >= 15 is 0 Å². The number of nitrogens with zero attached hydrogens (tertiary/aromatic N) is 1. The smallest absolute Gasteiger partial charge is 0.242 e. The Morgan fingerprint density at radius 2 is 1.73 bits per heavy atom. The Hall–Kier alpha value is -2.47. The molecule has 1 N–H and O–H groups in total. The first-order valence-corrected chi connectivity index (χ1v) is 11.6. The van der Waals surface area contributed by atoms with Gasteiger partial charge in [-0.1, -0.05) is 56.3 Å². The van der Waals surface area contributed by atoms with Crippen LogP contribution in [0, 0.1) is 0 Å². The molecule has 2 aromatic rings. The number of benzene rings is 2. The van der Waals surface area contributed by atoms with Gasteiger partial charge in [0, 0.05) is 18.8 Å². The Labute approximate surface area is 184 Å². The molecule has 0 aromatic heterocycles. The van der Waals surface area contributed by atoms with Crippen molar-refractivity contribution < 1.29 is 14.3 Å². The highest BCUT2D eigenvalue weighted by atomic mass is 32.2. The molecule has 1 unspecified atom stereocenters. The maximum absolute atomic E-state index is 13.1. The Kier molecular flexibility index (Phi) is 10.3. The quantitative estimate of drug-likeness (QED) is 0.549. The minimum Gasteiger partial charge on any atom is -0.497 e. The second-order valence-electron chi connectivity index (χ2n) is 7.06. The first-order chi connectivity index (χ1) is 14.6. The molecule has 0 saturated carbocycles. The van der Waals surface area contributed by atoms with Gasteiger partial charge in [-0.3, -0.25) is 9.59 Å². The number of carbonyl (C=O) groups excluding carboxylic acids is 2. The highest BCUT2D eigenvalue weighted by Gasteiger charge is 2.28. The fraction of sp³-hybridized carbons (Fsp3) is 0.417. The summed E-state index contributed by atoms with van der Waals surface area (Å²) in [7, 11) is 1.64. The lowest BCUT2D eigenvalue weighted by atomic mass is 10.1. The van der Waals surface area contributed by atoms with E-state index in [1.54, 1.807) is 23.8 Å². The van der Waals surface area contributed by atoms with Crippen LogP contribution in [0.25, 0.3) is 0 Å². The normalized spacial score (nSPS) is 11.6. The average Bonchev–Trinajstić information content (AvgIpc) is 2.78. The van der Waals surface area contributed by atoms with E-state index in [2.05, 4.69) is 5.32 Å². The summed E-state index contributed by atoms with van der Waals surface area (Å²) in [5.74, 6) is 1.78. The van der Waals surface area contributed by atoms with Crippen LogP contribution in [0.2, 0.25) is 0 Å². The molecule has 2 rings (SSSR count). The van der Waals surface area contributed by atoms with Crippen molar-refractivity contribution in [2.75, 3.05) is 19.4 Å². The highest BCUT2D eigenvalue weighted by molar-refractivity contribution is 7.99. The number of rotatable bonds is 12. The molecule has 162 valence electrons. The first kappa shape index (κ1) is 23.8. The van der Waals surface area contributed by atoms with Crippen LogP contribution < -0.4 is 10.1 Å². The van der Waals surface area contributed by atoms with Gasteiger partial charge in [0.15, 0.2) is 0 Å². The van der Waals surface area contributed by atoms with Crippen molar-refractivity contribution in [3.05, 3.63) is 65.7 Å². The monoisotopic (exact) mass is 428 g/mol. The SMILES string of the molecule is CCCNC(=O)C(CC)N(Cc1ccccc1)C(=O)CSCc1ccc(OC)cc1. The molecular weight excluding hydrogens is 396 g/mol. The zero-order valence-corrected chi connectivity index (χ0v) is 18.9. The van der Waals surface area contributed by atoms with Crippen LogP contribution in [0.3, 0.4) is 0 Å². The zero-order chi connectivity index (χ0) is 21.8. The van der Waals surface area contributed by atoms with E-state index in [1.165, 1.54) is 0 Å². The predicted molar refractivity (Wildman–Crippen MR) is 124 cm³/mol. The number of hydrogen-bond donors (Lipinski definition) is 1. The molecule has 0 fully saturated rings. The Bertz CT molecular complexity index is 781. The number of hydrogen-bond acceptors (Lipinski definition) is 4. The van der Waals surface area contributed by atoms with Gasteiger partial charge in [0.05, 0.1) is 12.9 Å². The molecule has 0 bridgehead atoms. The molecule has 5 nitrogen and oxygen atoms in total. The lowest BCUT2D eigenvalue weighted by molar-refractivity contribution is -0.139. The van der Waals surface area contributed by atoms with E-state index in [-0.39, 0.29) is 11.8 Å². The zero-order valence-electron chi connectivity index (χ0n) is 18.1. The topological polar surface area (TPSA) is 58.6 Å². The van der Waals surface area contributed by atoms with Gasteiger partial charge in [-0.2, -0.15) is 0 Å². The molecule has 6 heteroatoms. The van der Waals surface area contributed by atoms with Crippen molar-refractivity contribution in [3.8, 4) is 5.75 Å². The van der Waals surface area contributed by atoms with Crippen molar-refractivity contribution in [2.45, 2.75) is 45.0 Å². The van der Waals surface area contributed by atoms with Crippen molar-refractivity contribution in [2.24, 2.45) is 0 Å². The summed E-state index contributed by atoms with van der Waals surface area (Å²) in [5, 5.41) is 2.95. The molecule has 0 spiro atoms. The molecular formula is C24H32N2O3S. The van der Waals surface area contributed by atoms with Crippen LogP contribution >= 0.6 is 11.8 Å². The Morgan fingerprint density at radius 3 is 2.33 bits per heavy atom. The summed E-state index contributed by atoms with van der Waals surface area (Å²) in [5.41, 5.74) is 2.16. The van der Waals surface area contributed by atoms with Gasteiger partial charge < -0.3 is 15.0 Å². The second-order valence-corrected chi connectivity index (χ2v) is 8.05. The number of carbonyl (C=O) groups is 2. The van der Waals surface area contributed by atoms with Gasteiger partial charge in [-0.25, -0.2) is 0 Å². The Morgan fingerprint density at radius 1 is 1.03 bits per heavy atom. The van der Waals surface area contributed by atoms with Gasteiger partial charge in [0.25, 0.3) is 0 Å². The second kappa shape index (κ2) is 13.0. The van der Waals surface area contributed by atoms with Crippen molar-refractivity contribution >= 4 is 23.6 Å². The molecule has 2 aromatic carbocycles. The molecule has 0 heterocycles. The molecule has 0 radical (unpaired) electrons. The van der Waals surface area contributed by atoms with E-state index in [0.29, 0.717) is 25.3 Å². The van der Waals surface area contributed by atoms with Crippen molar-refractivity contribution in [3.63, 3.8) is 0 Å². The largest absolute Gasteiger partial charge is 0.497 e. The lowest BCUT2D eigenvalue weighted by Gasteiger charge is -2.30. The standard InChI is InChI=1S/C24H32N2O3S/c1-4-15-25-24(28)22(5-2)26(16-19-9-7-6-8-10-19)23(27)18-30-17-20-11-13-21(29-3)14-12-20/h6-14,22H,4-5,15-18H2,1-3H3,(H,25,28). The molecule has 2 amide bonds. The van der Waals surface area contributed by atoms with Crippen LogP contribution in [0.15, 0.2) is 54.6 Å². The maximum atomic E-state index is 13.1. The summed E-state index contributed by atoms with van der Waals surface area (Å²) in [6.07, 6.45) is 1.45. The number of ether oxygens (including phenoxy) is 1. The first-order valence-electron chi connectivity index (χ1n) is 10.4. The lowest BCUT2D eigenvalue weighted by Crippen LogP contribution is -2.49. The Balaban J connectivity index is 2.05. The van der Waals surface area contributed by atoms with E-state index in [0.717, 1.165) is 29.1 Å². The fourth-order valence-electron chi connectivity index (χ4n) is 3.13. The van der Waals surface area contributed by atoms with Crippen molar-refractivity contribution in [1.82, 2.24) is 10.2 Å². The molecule has 0 aliphatic heterocycles. The van der Waals surface area contributed by atoms with E-state index in [1.807, 2.05) is 68.4 Å². The number of thioether (sulfide) groups is 1. The van der Waals surface area contributed by atoms with E-state index in [9.17, 15) is 9.59 Å². The molecule has 0 aliphatic rings.